The summed E-state index contributed by atoms with van der Waals surface area (Å²) < 4.78 is 31.2. The molecule has 0 unspecified atom stereocenters. The fraction of sp³-hybridized carbons (Fsp3) is 0. The van der Waals surface area contributed by atoms with Crippen LogP contribution in [0.4, 0.5) is 0 Å². The number of allylic oxidation sites excluding steroid dienone is 2. The van der Waals surface area contributed by atoms with E-state index < -0.39 is 48.3 Å². The van der Waals surface area contributed by atoms with Crippen molar-refractivity contribution in [1.29, 1.82) is 0 Å². The molecule has 0 fully saturated rings. The minimum atomic E-state index is -4.71. The first-order valence-corrected chi connectivity index (χ1v) is 6.23. The summed E-state index contributed by atoms with van der Waals surface area (Å²) in [5.74, 6) is -2.10. The first-order chi connectivity index (χ1) is 8.73. The van der Waals surface area contributed by atoms with Crippen LogP contribution in [-0.4, -0.2) is 29.5 Å². The number of Topliss-reactive ketones (excluding diaryl/α,β-unsaturated/α-hetero) is 1. The van der Waals surface area contributed by atoms with E-state index in [0.717, 1.165) is 18.2 Å². The van der Waals surface area contributed by atoms with Crippen LogP contribution in [0.15, 0.2) is 34.9 Å². The van der Waals surface area contributed by atoms with Gasteiger partial charge < -0.3 is 0 Å². The number of ketones is 2. The Balaban J connectivity index is 2.80. The van der Waals surface area contributed by atoms with Gasteiger partial charge in [0, 0.05) is 5.56 Å². The molecule has 2 rings (SSSR count). The van der Waals surface area contributed by atoms with Crippen LogP contribution in [-0.2, 0) is 10.1 Å². The lowest BCUT2D eigenvalue weighted by Crippen LogP contribution is -2.23. The Bertz CT molecular complexity index is 760. The zero-order valence-electron chi connectivity index (χ0n) is 9.06. The van der Waals surface area contributed by atoms with E-state index in [2.05, 4.69) is 0 Å². The first-order valence-electron chi connectivity index (χ1n) is 4.79. The van der Waals surface area contributed by atoms with Gasteiger partial charge in [-0.1, -0.05) is 6.07 Å². The van der Waals surface area contributed by atoms with Crippen molar-refractivity contribution < 1.29 is 27.5 Å². The van der Waals surface area contributed by atoms with E-state index >= 15 is 0 Å². The van der Waals surface area contributed by atoms with Crippen LogP contribution in [0.3, 0.4) is 0 Å². The predicted molar refractivity (Wildman–Crippen MR) is 60.0 cm³/mol. The number of carbonyl (C=O) groups is 2. The monoisotopic (exact) mass is 283 g/mol. The largest absolute Gasteiger partial charge is 0.320 e. The third-order valence-electron chi connectivity index (χ3n) is 2.49. The van der Waals surface area contributed by atoms with Gasteiger partial charge in [-0.2, -0.15) is 8.42 Å². The first kappa shape index (κ1) is 13.1. The van der Waals surface area contributed by atoms with E-state index in [1.165, 1.54) is 0 Å². The second kappa shape index (κ2) is 4.07. The normalized spacial score (nSPS) is 14.9. The molecule has 0 atom stereocenters. The number of nitro groups is 1. The fourth-order valence-corrected chi connectivity index (χ4v) is 2.44. The van der Waals surface area contributed by atoms with Gasteiger partial charge in [0.25, 0.3) is 15.9 Å². The Labute approximate surface area is 106 Å². The van der Waals surface area contributed by atoms with Crippen LogP contribution in [0.25, 0.3) is 0 Å². The highest BCUT2D eigenvalue weighted by atomic mass is 32.2. The van der Waals surface area contributed by atoms with Crippen LogP contribution in [0, 0.1) is 10.1 Å². The van der Waals surface area contributed by atoms with E-state index in [4.69, 9.17) is 4.55 Å². The van der Waals surface area contributed by atoms with Crippen molar-refractivity contribution >= 4 is 21.7 Å². The molecule has 0 aliphatic heterocycles. The molecule has 0 saturated heterocycles. The second-order valence-electron chi connectivity index (χ2n) is 3.63. The maximum atomic E-state index is 11.7. The standard InChI is InChI=1S/C10H5NO7S/c12-7-4-6(11(14)15)10(13)5-2-1-3-8(9(5)7)19(16,17)18/h1-4H,(H,16,17,18). The molecule has 0 saturated carbocycles. The average molecular weight is 283 g/mol. The van der Waals surface area contributed by atoms with Gasteiger partial charge in [0.2, 0.25) is 0 Å². The minimum Gasteiger partial charge on any atom is -0.289 e. The van der Waals surface area contributed by atoms with Crippen molar-refractivity contribution in [2.24, 2.45) is 0 Å². The van der Waals surface area contributed by atoms with Gasteiger partial charge >= 0.3 is 5.70 Å². The second-order valence-corrected chi connectivity index (χ2v) is 5.02. The number of benzene rings is 1. The zero-order chi connectivity index (χ0) is 14.4. The predicted octanol–water partition coefficient (Wildman–Crippen LogP) is 0.473. The molecule has 1 aliphatic rings. The Morgan fingerprint density at radius 1 is 1.21 bits per heavy atom. The molecule has 1 aliphatic carbocycles. The molecule has 0 radical (unpaired) electrons. The molecule has 1 N–H and O–H groups in total. The quantitative estimate of drug-likeness (QED) is 0.474. The molecule has 1 aromatic rings. The molecule has 98 valence electrons. The maximum absolute atomic E-state index is 11.7. The van der Waals surface area contributed by atoms with Crippen molar-refractivity contribution in [3.05, 3.63) is 51.2 Å². The average Bonchev–Trinajstić information content (AvgIpc) is 2.31. The van der Waals surface area contributed by atoms with Crippen molar-refractivity contribution in [3.8, 4) is 0 Å². The molecule has 0 heterocycles. The van der Waals surface area contributed by atoms with Crippen LogP contribution in [0.5, 0.6) is 0 Å². The molecule has 9 heteroatoms. The molecule has 0 bridgehead atoms. The topological polar surface area (TPSA) is 132 Å². The summed E-state index contributed by atoms with van der Waals surface area (Å²) in [4.78, 5) is 32.3. The molecule has 0 aromatic heterocycles. The Hall–Kier alpha value is -2.39. The number of carbonyl (C=O) groups excluding carboxylic acids is 2. The van der Waals surface area contributed by atoms with Crippen LogP contribution in [0.2, 0.25) is 0 Å². The highest BCUT2D eigenvalue weighted by molar-refractivity contribution is 7.86. The Morgan fingerprint density at radius 2 is 1.84 bits per heavy atom. The van der Waals surface area contributed by atoms with Crippen molar-refractivity contribution in [2.75, 3.05) is 0 Å². The fourth-order valence-electron chi connectivity index (χ4n) is 1.72. The van der Waals surface area contributed by atoms with Gasteiger partial charge in [-0.25, -0.2) is 0 Å². The summed E-state index contributed by atoms with van der Waals surface area (Å²) in [6.07, 6.45) is 0.444. The van der Waals surface area contributed by atoms with Crippen molar-refractivity contribution in [2.45, 2.75) is 4.90 Å². The summed E-state index contributed by atoms with van der Waals surface area (Å²) in [5.41, 5.74) is -1.92. The number of fused-ring (bicyclic) bond motifs is 1. The lowest BCUT2D eigenvalue weighted by Gasteiger charge is -2.12. The minimum absolute atomic E-state index is 0.422. The number of hydrogen-bond acceptors (Lipinski definition) is 6. The van der Waals surface area contributed by atoms with E-state index in [1.807, 2.05) is 0 Å². The molecular weight excluding hydrogens is 278 g/mol. The molecule has 0 spiro atoms. The summed E-state index contributed by atoms with van der Waals surface area (Å²) >= 11 is 0. The molecule has 0 amide bonds. The van der Waals surface area contributed by atoms with E-state index in [1.54, 1.807) is 0 Å². The summed E-state index contributed by atoms with van der Waals surface area (Å²) in [6, 6.07) is 3.13. The van der Waals surface area contributed by atoms with Gasteiger partial charge in [-0.15, -0.1) is 0 Å². The SMILES string of the molecule is O=C1C([N+](=O)[O-])=CC(=O)c2c1cccc2S(=O)(=O)O. The van der Waals surface area contributed by atoms with Gasteiger partial charge in [0.15, 0.2) is 5.78 Å². The van der Waals surface area contributed by atoms with E-state index in [0.29, 0.717) is 6.08 Å². The van der Waals surface area contributed by atoms with Gasteiger partial charge in [0.05, 0.1) is 16.6 Å². The lowest BCUT2D eigenvalue weighted by molar-refractivity contribution is -0.416. The lowest BCUT2D eigenvalue weighted by atomic mass is 9.93. The van der Waals surface area contributed by atoms with E-state index in [-0.39, 0.29) is 0 Å². The number of rotatable bonds is 2. The van der Waals surface area contributed by atoms with Gasteiger partial charge in [-0.05, 0) is 12.1 Å². The Morgan fingerprint density at radius 3 is 2.37 bits per heavy atom. The molecule has 1 aromatic carbocycles. The maximum Gasteiger partial charge on any atom is 0.320 e. The van der Waals surface area contributed by atoms with Crippen molar-refractivity contribution in [1.82, 2.24) is 0 Å². The number of hydrogen-bond donors (Lipinski definition) is 1. The summed E-state index contributed by atoms with van der Waals surface area (Å²) in [7, 11) is -4.71. The molecule has 8 nitrogen and oxygen atoms in total. The third-order valence-corrected chi connectivity index (χ3v) is 3.39. The van der Waals surface area contributed by atoms with Gasteiger partial charge in [0.1, 0.15) is 4.90 Å². The van der Waals surface area contributed by atoms with Crippen LogP contribution < -0.4 is 0 Å². The Kier molecular flexibility index (Phi) is 2.80. The highest BCUT2D eigenvalue weighted by Crippen LogP contribution is 2.27. The smallest absolute Gasteiger partial charge is 0.289 e. The molecule has 19 heavy (non-hydrogen) atoms. The highest BCUT2D eigenvalue weighted by Gasteiger charge is 2.36. The van der Waals surface area contributed by atoms with Crippen molar-refractivity contribution in [3.63, 3.8) is 0 Å². The van der Waals surface area contributed by atoms with Gasteiger partial charge in [-0.3, -0.25) is 24.3 Å². The zero-order valence-corrected chi connectivity index (χ0v) is 9.88. The van der Waals surface area contributed by atoms with E-state index in [9.17, 15) is 28.1 Å². The molecular formula is C10H5NO7S. The van der Waals surface area contributed by atoms with Crippen LogP contribution >= 0.6 is 0 Å². The number of nitrogens with zero attached hydrogens (tertiary/aromatic N) is 1. The van der Waals surface area contributed by atoms with Crippen LogP contribution in [0.1, 0.15) is 20.7 Å². The third kappa shape index (κ3) is 2.04. The summed E-state index contributed by atoms with van der Waals surface area (Å²) in [6.45, 7) is 0. The summed E-state index contributed by atoms with van der Waals surface area (Å²) in [5, 5.41) is 10.6.